The van der Waals surface area contributed by atoms with Crippen molar-refractivity contribution in [2.45, 2.75) is 0 Å². The molecule has 0 atom stereocenters. The maximum absolute atomic E-state index is 11.6. The average molecular weight is 253 g/mol. The minimum Gasteiger partial charge on any atom is -0.497 e. The van der Waals surface area contributed by atoms with Crippen LogP contribution < -0.4 is 9.47 Å². The van der Waals surface area contributed by atoms with Gasteiger partial charge in [-0.2, -0.15) is 0 Å². The Balaban J connectivity index is 2.60. The van der Waals surface area contributed by atoms with Gasteiger partial charge in [0.1, 0.15) is 18.0 Å². The zero-order valence-corrected chi connectivity index (χ0v) is 10.5. The minimum absolute atomic E-state index is 0.167. The number of rotatable bonds is 4. The Morgan fingerprint density at radius 2 is 1.89 bits per heavy atom. The highest BCUT2D eigenvalue weighted by Crippen LogP contribution is 2.19. The Morgan fingerprint density at radius 3 is 2.50 bits per heavy atom. The third kappa shape index (κ3) is 3.97. The number of likely N-dealkylation sites (N-methyl/N-ethyl adjacent to an activating group) is 1. The average Bonchev–Trinajstić information content (AvgIpc) is 2.38. The molecule has 0 saturated heterocycles. The highest BCUT2D eigenvalue weighted by Gasteiger charge is 2.15. The Labute approximate surface area is 105 Å². The molecular weight excluding hydrogens is 238 g/mol. The van der Waals surface area contributed by atoms with Crippen molar-refractivity contribution in [2.75, 3.05) is 27.8 Å². The first-order valence-corrected chi connectivity index (χ1v) is 5.20. The summed E-state index contributed by atoms with van der Waals surface area (Å²) >= 11 is 0. The van der Waals surface area contributed by atoms with Crippen molar-refractivity contribution in [3.05, 3.63) is 24.3 Å². The summed E-state index contributed by atoms with van der Waals surface area (Å²) in [7, 11) is 4.22. The van der Waals surface area contributed by atoms with Crippen molar-refractivity contribution in [1.29, 1.82) is 0 Å². The lowest BCUT2D eigenvalue weighted by Crippen LogP contribution is -2.34. The predicted octanol–water partition coefficient (Wildman–Crippen LogP) is 1.30. The Morgan fingerprint density at radius 1 is 1.22 bits per heavy atom. The summed E-state index contributed by atoms with van der Waals surface area (Å²) in [6.07, 6.45) is -0.645. The molecule has 1 aromatic rings. The maximum atomic E-state index is 11.6. The van der Waals surface area contributed by atoms with E-state index in [4.69, 9.17) is 9.47 Å². The number of amides is 1. The van der Waals surface area contributed by atoms with E-state index in [0.717, 1.165) is 4.90 Å². The summed E-state index contributed by atoms with van der Waals surface area (Å²) in [5.74, 6) is 0.409. The number of methoxy groups -OCH3 is 2. The molecule has 6 heteroatoms. The molecule has 0 fully saturated rings. The largest absolute Gasteiger partial charge is 0.497 e. The molecule has 0 unspecified atom stereocenters. The molecule has 0 aromatic heterocycles. The Kier molecular flexibility index (Phi) is 4.98. The molecule has 0 radical (unpaired) electrons. The monoisotopic (exact) mass is 253 g/mol. The Hall–Kier alpha value is -2.24. The quantitative estimate of drug-likeness (QED) is 0.757. The molecule has 0 saturated carbocycles. The van der Waals surface area contributed by atoms with Gasteiger partial charge in [0.15, 0.2) is 0 Å². The van der Waals surface area contributed by atoms with Crippen molar-refractivity contribution in [1.82, 2.24) is 4.90 Å². The lowest BCUT2D eigenvalue weighted by Gasteiger charge is -2.15. The van der Waals surface area contributed by atoms with E-state index in [2.05, 4.69) is 4.74 Å². The van der Waals surface area contributed by atoms with Gasteiger partial charge in [-0.1, -0.05) is 6.07 Å². The summed E-state index contributed by atoms with van der Waals surface area (Å²) < 4.78 is 14.5. The third-order valence-corrected chi connectivity index (χ3v) is 2.15. The van der Waals surface area contributed by atoms with Gasteiger partial charge in [-0.05, 0) is 12.1 Å². The van der Waals surface area contributed by atoms with E-state index in [1.807, 2.05) is 0 Å². The van der Waals surface area contributed by atoms with Gasteiger partial charge in [-0.25, -0.2) is 4.79 Å². The van der Waals surface area contributed by atoms with Crippen LogP contribution in [0.25, 0.3) is 0 Å². The molecule has 0 aliphatic rings. The van der Waals surface area contributed by atoms with Gasteiger partial charge >= 0.3 is 12.1 Å². The van der Waals surface area contributed by atoms with Crippen molar-refractivity contribution in [3.8, 4) is 11.5 Å². The molecule has 0 aliphatic carbocycles. The van der Waals surface area contributed by atoms with Crippen LogP contribution in [0.2, 0.25) is 0 Å². The number of esters is 1. The molecule has 1 rings (SSSR count). The van der Waals surface area contributed by atoms with E-state index in [1.54, 1.807) is 24.3 Å². The van der Waals surface area contributed by atoms with E-state index in [1.165, 1.54) is 21.3 Å². The molecule has 0 aliphatic heterocycles. The topological polar surface area (TPSA) is 65.1 Å². The molecule has 0 N–H and O–H groups in total. The third-order valence-electron chi connectivity index (χ3n) is 2.15. The van der Waals surface area contributed by atoms with E-state index in [9.17, 15) is 9.59 Å². The van der Waals surface area contributed by atoms with Crippen LogP contribution in [-0.4, -0.2) is 44.8 Å². The number of nitrogens with zero attached hydrogens (tertiary/aromatic N) is 1. The second-order valence-electron chi connectivity index (χ2n) is 3.48. The number of hydrogen-bond donors (Lipinski definition) is 0. The number of carbonyl (C=O) groups excluding carboxylic acids is 2. The van der Waals surface area contributed by atoms with Gasteiger partial charge in [-0.15, -0.1) is 0 Å². The normalized spacial score (nSPS) is 9.50. The first-order valence-electron chi connectivity index (χ1n) is 5.20. The molecule has 0 heterocycles. The molecule has 0 spiro atoms. The minimum atomic E-state index is -0.645. The zero-order valence-electron chi connectivity index (χ0n) is 10.5. The van der Waals surface area contributed by atoms with E-state index in [0.29, 0.717) is 11.5 Å². The zero-order chi connectivity index (χ0) is 13.5. The van der Waals surface area contributed by atoms with Crippen molar-refractivity contribution < 1.29 is 23.8 Å². The summed E-state index contributed by atoms with van der Waals surface area (Å²) in [4.78, 5) is 23.7. The van der Waals surface area contributed by atoms with E-state index >= 15 is 0 Å². The smallest absolute Gasteiger partial charge is 0.415 e. The van der Waals surface area contributed by atoms with Crippen LogP contribution in [0.4, 0.5) is 4.79 Å². The predicted molar refractivity (Wildman–Crippen MR) is 63.7 cm³/mol. The second kappa shape index (κ2) is 6.48. The van der Waals surface area contributed by atoms with Gasteiger partial charge in [0.25, 0.3) is 0 Å². The fraction of sp³-hybridized carbons (Fsp3) is 0.333. The van der Waals surface area contributed by atoms with Crippen LogP contribution in [0.5, 0.6) is 11.5 Å². The molecule has 98 valence electrons. The van der Waals surface area contributed by atoms with E-state index < -0.39 is 12.1 Å². The van der Waals surface area contributed by atoms with Crippen LogP contribution in [0.1, 0.15) is 0 Å². The van der Waals surface area contributed by atoms with Gasteiger partial charge in [0.05, 0.1) is 14.2 Å². The molecule has 0 bridgehead atoms. The van der Waals surface area contributed by atoms with Gasteiger partial charge < -0.3 is 14.2 Å². The van der Waals surface area contributed by atoms with E-state index in [-0.39, 0.29) is 6.54 Å². The number of benzene rings is 1. The summed E-state index contributed by atoms with van der Waals surface area (Å²) in [6.45, 7) is -0.167. The molecule has 1 amide bonds. The van der Waals surface area contributed by atoms with Crippen LogP contribution in [0.3, 0.4) is 0 Å². The van der Waals surface area contributed by atoms with Crippen molar-refractivity contribution in [2.24, 2.45) is 0 Å². The molecule has 6 nitrogen and oxygen atoms in total. The second-order valence-corrected chi connectivity index (χ2v) is 3.48. The summed E-state index contributed by atoms with van der Waals surface area (Å²) in [5.41, 5.74) is 0. The first kappa shape index (κ1) is 13.8. The standard InChI is InChI=1S/C12H15NO5/c1-13(8-11(14)17-3)12(15)18-10-6-4-5-9(7-10)16-2/h4-7H,8H2,1-3H3. The van der Waals surface area contributed by atoms with Gasteiger partial charge in [-0.3, -0.25) is 9.69 Å². The van der Waals surface area contributed by atoms with Crippen LogP contribution in [0.15, 0.2) is 24.3 Å². The first-order chi connectivity index (χ1) is 8.56. The summed E-state index contributed by atoms with van der Waals surface area (Å²) in [6, 6.07) is 6.62. The van der Waals surface area contributed by atoms with Gasteiger partial charge in [0, 0.05) is 13.1 Å². The maximum Gasteiger partial charge on any atom is 0.415 e. The molecule has 18 heavy (non-hydrogen) atoms. The molecule has 1 aromatic carbocycles. The number of carbonyl (C=O) groups is 2. The van der Waals surface area contributed by atoms with Crippen LogP contribution in [-0.2, 0) is 9.53 Å². The van der Waals surface area contributed by atoms with Crippen molar-refractivity contribution in [3.63, 3.8) is 0 Å². The fourth-order valence-corrected chi connectivity index (χ4v) is 1.17. The SMILES string of the molecule is COC(=O)CN(C)C(=O)Oc1cccc(OC)c1. The van der Waals surface area contributed by atoms with Gasteiger partial charge in [0.2, 0.25) is 0 Å². The fourth-order valence-electron chi connectivity index (χ4n) is 1.17. The lowest BCUT2D eigenvalue weighted by atomic mass is 10.3. The number of ether oxygens (including phenoxy) is 3. The summed E-state index contributed by atoms with van der Waals surface area (Å²) in [5, 5.41) is 0. The lowest BCUT2D eigenvalue weighted by molar-refractivity contribution is -0.141. The van der Waals surface area contributed by atoms with Crippen molar-refractivity contribution >= 4 is 12.1 Å². The molecular formula is C12H15NO5. The number of hydrogen-bond acceptors (Lipinski definition) is 5. The van der Waals surface area contributed by atoms with Crippen LogP contribution >= 0.6 is 0 Å². The highest BCUT2D eigenvalue weighted by molar-refractivity contribution is 5.78. The Bertz CT molecular complexity index is 432. The van der Waals surface area contributed by atoms with Crippen LogP contribution in [0, 0.1) is 0 Å². The highest BCUT2D eigenvalue weighted by atomic mass is 16.6.